The van der Waals surface area contributed by atoms with Crippen molar-refractivity contribution in [1.82, 2.24) is 24.7 Å². The minimum absolute atomic E-state index is 0.0381. The average Bonchev–Trinajstić information content (AvgIpc) is 3.38. The van der Waals surface area contributed by atoms with Crippen molar-refractivity contribution in [2.75, 3.05) is 37.0 Å². The third kappa shape index (κ3) is 5.15. The molecule has 3 heterocycles. The molecule has 2 aromatic carbocycles. The Morgan fingerprint density at radius 2 is 1.87 bits per heavy atom. The highest BCUT2D eigenvalue weighted by Crippen LogP contribution is 2.33. The lowest BCUT2D eigenvalue weighted by atomic mass is 10.0. The van der Waals surface area contributed by atoms with Crippen molar-refractivity contribution in [1.29, 1.82) is 0 Å². The zero-order chi connectivity index (χ0) is 27.5. The Bertz CT molecular complexity index is 1560. The molecule has 11 heteroatoms. The summed E-state index contributed by atoms with van der Waals surface area (Å²) < 4.78 is 6.99. The van der Waals surface area contributed by atoms with E-state index in [2.05, 4.69) is 25.0 Å². The second-order valence-electron chi connectivity index (χ2n) is 9.46. The van der Waals surface area contributed by atoms with Gasteiger partial charge in [0.05, 0.1) is 18.8 Å². The predicted octanol–water partition coefficient (Wildman–Crippen LogP) is 3.01. The van der Waals surface area contributed by atoms with Crippen molar-refractivity contribution in [3.63, 3.8) is 0 Å². The van der Waals surface area contributed by atoms with Crippen molar-refractivity contribution in [3.8, 4) is 17.1 Å². The van der Waals surface area contributed by atoms with Crippen LogP contribution in [0, 0.1) is 6.92 Å². The molecule has 200 valence electrons. The molecule has 1 N–H and O–H groups in total. The van der Waals surface area contributed by atoms with E-state index in [-0.39, 0.29) is 23.2 Å². The standard InChI is InChI=1S/C28H29N7O4/c1-18-13-20(14-23(39-3)25(18)33(2)17-36)26(37)22-15-24(30-16-29-22)34-11-9-21(10-12-34)35-28(38)31-27(32-35)19-7-5-4-6-8-19/h4-8,13-17,21H,9-12H2,1-3H3,(H,31,32,38). The van der Waals surface area contributed by atoms with Crippen LogP contribution in [0.15, 0.2) is 59.7 Å². The number of amides is 1. The Hall–Kier alpha value is -4.80. The summed E-state index contributed by atoms with van der Waals surface area (Å²) in [7, 11) is 3.13. The molecule has 39 heavy (non-hydrogen) atoms. The summed E-state index contributed by atoms with van der Waals surface area (Å²) in [5.41, 5.74) is 2.63. The molecule has 0 atom stereocenters. The topological polar surface area (TPSA) is 126 Å². The van der Waals surface area contributed by atoms with Gasteiger partial charge in [0.1, 0.15) is 23.6 Å². The van der Waals surface area contributed by atoms with Gasteiger partial charge in [0.15, 0.2) is 5.82 Å². The highest BCUT2D eigenvalue weighted by atomic mass is 16.5. The van der Waals surface area contributed by atoms with Gasteiger partial charge in [-0.1, -0.05) is 30.3 Å². The number of ketones is 1. The molecule has 1 aliphatic rings. The number of aromatic nitrogens is 5. The Kier molecular flexibility index (Phi) is 7.22. The van der Waals surface area contributed by atoms with Crippen LogP contribution < -0.4 is 20.2 Å². The number of ether oxygens (including phenoxy) is 1. The molecule has 1 aliphatic heterocycles. The highest BCUT2D eigenvalue weighted by Gasteiger charge is 2.25. The zero-order valence-corrected chi connectivity index (χ0v) is 22.0. The predicted molar refractivity (Wildman–Crippen MR) is 146 cm³/mol. The quantitative estimate of drug-likeness (QED) is 0.274. The molecular weight excluding hydrogens is 498 g/mol. The lowest BCUT2D eigenvalue weighted by Gasteiger charge is -2.32. The van der Waals surface area contributed by atoms with E-state index >= 15 is 0 Å². The normalized spacial score (nSPS) is 13.8. The fraction of sp³-hybridized carbons (Fsp3) is 0.286. The van der Waals surface area contributed by atoms with Crippen LogP contribution in [0.4, 0.5) is 11.5 Å². The van der Waals surface area contributed by atoms with Gasteiger partial charge in [-0.15, -0.1) is 5.10 Å². The summed E-state index contributed by atoms with van der Waals surface area (Å²) in [6.07, 6.45) is 3.48. The number of nitrogens with one attached hydrogen (secondary N) is 1. The first-order valence-corrected chi connectivity index (χ1v) is 12.6. The second kappa shape index (κ2) is 10.9. The van der Waals surface area contributed by atoms with E-state index in [0.29, 0.717) is 61.0 Å². The maximum atomic E-state index is 13.3. The smallest absolute Gasteiger partial charge is 0.343 e. The van der Waals surface area contributed by atoms with E-state index in [0.717, 1.165) is 11.1 Å². The monoisotopic (exact) mass is 527 g/mol. The van der Waals surface area contributed by atoms with E-state index < -0.39 is 0 Å². The van der Waals surface area contributed by atoms with Crippen LogP contribution in [0.2, 0.25) is 0 Å². The summed E-state index contributed by atoms with van der Waals surface area (Å²) in [6, 6.07) is 14.5. The van der Waals surface area contributed by atoms with Crippen molar-refractivity contribution >= 4 is 23.7 Å². The number of aryl methyl sites for hydroxylation is 1. The van der Waals surface area contributed by atoms with Crippen LogP contribution in [-0.2, 0) is 4.79 Å². The van der Waals surface area contributed by atoms with Crippen LogP contribution in [0.3, 0.4) is 0 Å². The van der Waals surface area contributed by atoms with Gasteiger partial charge in [-0.3, -0.25) is 14.6 Å². The zero-order valence-electron chi connectivity index (χ0n) is 22.0. The van der Waals surface area contributed by atoms with Gasteiger partial charge in [-0.25, -0.2) is 19.4 Å². The van der Waals surface area contributed by atoms with Crippen LogP contribution in [0.25, 0.3) is 11.4 Å². The maximum Gasteiger partial charge on any atom is 0.343 e. The summed E-state index contributed by atoms with van der Waals surface area (Å²) >= 11 is 0. The van der Waals surface area contributed by atoms with Gasteiger partial charge in [0, 0.05) is 37.3 Å². The highest BCUT2D eigenvalue weighted by molar-refractivity contribution is 6.09. The Labute approximate surface area is 225 Å². The lowest BCUT2D eigenvalue weighted by Crippen LogP contribution is -2.38. The third-order valence-electron chi connectivity index (χ3n) is 6.97. The number of nitrogens with zero attached hydrogens (tertiary/aromatic N) is 6. The minimum atomic E-state index is -0.272. The Morgan fingerprint density at radius 3 is 2.56 bits per heavy atom. The summed E-state index contributed by atoms with van der Waals surface area (Å²) in [6.45, 7) is 3.11. The van der Waals surface area contributed by atoms with Crippen LogP contribution in [0.1, 0.15) is 40.5 Å². The molecule has 0 radical (unpaired) electrons. The first kappa shape index (κ1) is 25.8. The Balaban J connectivity index is 1.31. The third-order valence-corrected chi connectivity index (χ3v) is 6.97. The SMILES string of the molecule is COc1cc(C(=O)c2cc(N3CCC(n4nc(-c5ccccc5)[nH]c4=O)CC3)ncn2)cc(C)c1N(C)C=O. The molecule has 0 spiro atoms. The number of benzene rings is 2. The largest absolute Gasteiger partial charge is 0.495 e. The van der Waals surface area contributed by atoms with E-state index in [9.17, 15) is 14.4 Å². The molecule has 0 unspecified atom stereocenters. The van der Waals surface area contributed by atoms with E-state index in [4.69, 9.17) is 4.74 Å². The number of rotatable bonds is 8. The number of anilines is 2. The van der Waals surface area contributed by atoms with Crippen molar-refractivity contribution < 1.29 is 14.3 Å². The van der Waals surface area contributed by atoms with Gasteiger partial charge in [-0.05, 0) is 37.5 Å². The summed E-state index contributed by atoms with van der Waals surface area (Å²) in [4.78, 5) is 52.2. The molecule has 0 bridgehead atoms. The molecule has 0 aliphatic carbocycles. The second-order valence-corrected chi connectivity index (χ2v) is 9.46. The summed E-state index contributed by atoms with van der Waals surface area (Å²) in [5, 5.41) is 4.54. The molecule has 1 amide bonds. The maximum absolute atomic E-state index is 13.3. The lowest BCUT2D eigenvalue weighted by molar-refractivity contribution is -0.107. The van der Waals surface area contributed by atoms with Crippen molar-refractivity contribution in [2.24, 2.45) is 0 Å². The fourth-order valence-electron chi connectivity index (χ4n) is 4.98. The molecule has 2 aromatic heterocycles. The van der Waals surface area contributed by atoms with Gasteiger partial charge in [-0.2, -0.15) is 0 Å². The van der Waals surface area contributed by atoms with Gasteiger partial charge >= 0.3 is 5.69 Å². The van der Waals surface area contributed by atoms with Crippen LogP contribution in [-0.4, -0.2) is 64.2 Å². The number of piperidine rings is 1. The molecule has 11 nitrogen and oxygen atoms in total. The number of H-pyrrole nitrogens is 1. The van der Waals surface area contributed by atoms with E-state index in [1.54, 1.807) is 25.2 Å². The number of methoxy groups -OCH3 is 1. The van der Waals surface area contributed by atoms with Gasteiger partial charge in [0.2, 0.25) is 12.2 Å². The van der Waals surface area contributed by atoms with Crippen LogP contribution in [0.5, 0.6) is 5.75 Å². The number of aromatic amines is 1. The van der Waals surface area contributed by atoms with Crippen molar-refractivity contribution in [3.05, 3.63) is 82.2 Å². The van der Waals surface area contributed by atoms with Gasteiger partial charge < -0.3 is 14.5 Å². The van der Waals surface area contributed by atoms with Crippen LogP contribution >= 0.6 is 0 Å². The first-order chi connectivity index (χ1) is 18.9. The molecule has 5 rings (SSSR count). The first-order valence-electron chi connectivity index (χ1n) is 12.6. The number of carbonyl (C=O) groups excluding carboxylic acids is 2. The average molecular weight is 528 g/mol. The summed E-state index contributed by atoms with van der Waals surface area (Å²) in [5.74, 6) is 1.35. The van der Waals surface area contributed by atoms with E-state index in [1.165, 1.54) is 23.0 Å². The minimum Gasteiger partial charge on any atom is -0.495 e. The number of hydrogen-bond donors (Lipinski definition) is 1. The molecule has 4 aromatic rings. The molecule has 1 saturated heterocycles. The molecule has 0 saturated carbocycles. The molecular formula is C28H29N7O4. The molecule has 1 fully saturated rings. The Morgan fingerprint density at radius 1 is 1.13 bits per heavy atom. The van der Waals surface area contributed by atoms with E-state index in [1.807, 2.05) is 37.3 Å². The number of carbonyl (C=O) groups is 2. The fourth-order valence-corrected chi connectivity index (χ4v) is 4.98. The van der Waals surface area contributed by atoms with Crippen molar-refractivity contribution in [2.45, 2.75) is 25.8 Å². The number of hydrogen-bond acceptors (Lipinski definition) is 8. The van der Waals surface area contributed by atoms with Gasteiger partial charge in [0.25, 0.3) is 0 Å².